The van der Waals surface area contributed by atoms with E-state index in [9.17, 15) is 14.4 Å². The lowest BCUT2D eigenvalue weighted by Crippen LogP contribution is -2.28. The van der Waals surface area contributed by atoms with Crippen LogP contribution in [0, 0.1) is 0 Å². The minimum atomic E-state index is -0.990. The maximum atomic E-state index is 11.3. The van der Waals surface area contributed by atoms with Crippen LogP contribution in [0.25, 0.3) is 0 Å². The van der Waals surface area contributed by atoms with Gasteiger partial charge in [-0.2, -0.15) is 0 Å². The van der Waals surface area contributed by atoms with E-state index in [1.54, 1.807) is 7.05 Å². The normalized spacial score (nSPS) is 9.62. The molecule has 0 spiro atoms. The molecule has 0 radical (unpaired) electrons. The van der Waals surface area contributed by atoms with Gasteiger partial charge in [-0.15, -0.1) is 0 Å². The van der Waals surface area contributed by atoms with Crippen LogP contribution in [0.2, 0.25) is 0 Å². The van der Waals surface area contributed by atoms with Gasteiger partial charge in [0, 0.05) is 26.4 Å². The predicted octanol–water partition coefficient (Wildman–Crippen LogP) is 0.263. The molecule has 0 aromatic rings. The first-order chi connectivity index (χ1) is 7.47. The van der Waals surface area contributed by atoms with Crippen molar-refractivity contribution in [3.63, 3.8) is 0 Å². The summed E-state index contributed by atoms with van der Waals surface area (Å²) in [5.41, 5.74) is 0. The van der Waals surface area contributed by atoms with Gasteiger partial charge in [-0.3, -0.25) is 14.4 Å². The van der Waals surface area contributed by atoms with E-state index in [4.69, 9.17) is 5.11 Å². The number of carboxylic acid groups (broad SMARTS) is 1. The number of hydrogen-bond donors (Lipinski definition) is 1. The van der Waals surface area contributed by atoms with Gasteiger partial charge in [-0.05, 0) is 6.42 Å². The summed E-state index contributed by atoms with van der Waals surface area (Å²) >= 11 is 0. The maximum Gasteiger partial charge on any atom is 0.305 e. The summed E-state index contributed by atoms with van der Waals surface area (Å²) < 4.78 is 4.45. The SMILES string of the molecule is COC(=O)CCCN(C)C(=O)CCC(=O)O. The number of carboxylic acids is 1. The van der Waals surface area contributed by atoms with Crippen molar-refractivity contribution in [3.05, 3.63) is 0 Å². The van der Waals surface area contributed by atoms with Gasteiger partial charge in [0.1, 0.15) is 0 Å². The minimum absolute atomic E-state index is 0.00986. The quantitative estimate of drug-likeness (QED) is 0.635. The summed E-state index contributed by atoms with van der Waals surface area (Å²) in [7, 11) is 2.89. The lowest BCUT2D eigenvalue weighted by Gasteiger charge is -2.16. The number of rotatable bonds is 7. The first-order valence-corrected chi connectivity index (χ1v) is 5.00. The van der Waals surface area contributed by atoms with Gasteiger partial charge in [0.25, 0.3) is 0 Å². The monoisotopic (exact) mass is 231 g/mol. The molecule has 0 aromatic heterocycles. The van der Waals surface area contributed by atoms with E-state index in [1.807, 2.05) is 0 Å². The molecule has 0 aliphatic heterocycles. The summed E-state index contributed by atoms with van der Waals surface area (Å²) in [6.45, 7) is 0.424. The molecule has 92 valence electrons. The van der Waals surface area contributed by atoms with Crippen LogP contribution < -0.4 is 0 Å². The third-order valence-corrected chi connectivity index (χ3v) is 2.08. The third kappa shape index (κ3) is 6.80. The van der Waals surface area contributed by atoms with E-state index in [0.717, 1.165) is 0 Å². The molecule has 0 aliphatic rings. The molecule has 1 amide bonds. The highest BCUT2D eigenvalue weighted by Gasteiger charge is 2.11. The van der Waals surface area contributed by atoms with E-state index < -0.39 is 5.97 Å². The molecule has 16 heavy (non-hydrogen) atoms. The number of carbonyl (C=O) groups excluding carboxylic acids is 2. The third-order valence-electron chi connectivity index (χ3n) is 2.08. The molecule has 0 saturated heterocycles. The minimum Gasteiger partial charge on any atom is -0.481 e. The van der Waals surface area contributed by atoms with Crippen molar-refractivity contribution in [2.45, 2.75) is 25.7 Å². The zero-order chi connectivity index (χ0) is 12.6. The second-order valence-electron chi connectivity index (χ2n) is 3.39. The van der Waals surface area contributed by atoms with Gasteiger partial charge in [0.05, 0.1) is 13.5 Å². The highest BCUT2D eigenvalue weighted by Crippen LogP contribution is 1.99. The number of esters is 1. The Hall–Kier alpha value is -1.59. The van der Waals surface area contributed by atoms with Crippen LogP contribution in [0.1, 0.15) is 25.7 Å². The van der Waals surface area contributed by atoms with Crippen molar-refractivity contribution in [1.29, 1.82) is 0 Å². The molecule has 0 aliphatic carbocycles. The smallest absolute Gasteiger partial charge is 0.305 e. The highest BCUT2D eigenvalue weighted by molar-refractivity contribution is 5.80. The zero-order valence-corrected chi connectivity index (χ0v) is 9.56. The molecule has 0 saturated carbocycles. The Labute approximate surface area is 94.2 Å². The Morgan fingerprint density at radius 3 is 2.31 bits per heavy atom. The number of methoxy groups -OCH3 is 1. The van der Waals surface area contributed by atoms with Crippen LogP contribution >= 0.6 is 0 Å². The summed E-state index contributed by atoms with van der Waals surface area (Å²) in [5, 5.41) is 8.39. The molecule has 0 heterocycles. The van der Waals surface area contributed by atoms with Gasteiger partial charge in [0.15, 0.2) is 0 Å². The molecule has 0 atom stereocenters. The summed E-state index contributed by atoms with van der Waals surface area (Å²) in [6, 6.07) is 0. The number of hydrogen-bond acceptors (Lipinski definition) is 4. The first kappa shape index (κ1) is 14.4. The van der Waals surface area contributed by atoms with Crippen molar-refractivity contribution < 1.29 is 24.2 Å². The molecule has 0 aromatic carbocycles. The van der Waals surface area contributed by atoms with Gasteiger partial charge < -0.3 is 14.7 Å². The highest BCUT2D eigenvalue weighted by atomic mass is 16.5. The Bertz CT molecular complexity index is 264. The Morgan fingerprint density at radius 1 is 1.19 bits per heavy atom. The number of carbonyl (C=O) groups is 3. The number of aliphatic carboxylic acids is 1. The van der Waals surface area contributed by atoms with Crippen LogP contribution in [-0.2, 0) is 19.1 Å². The van der Waals surface area contributed by atoms with Gasteiger partial charge in [-0.25, -0.2) is 0 Å². The van der Waals surface area contributed by atoms with E-state index in [2.05, 4.69) is 4.74 Å². The zero-order valence-electron chi connectivity index (χ0n) is 9.56. The molecular formula is C10H17NO5. The number of nitrogens with zero attached hydrogens (tertiary/aromatic N) is 1. The summed E-state index contributed by atoms with van der Waals surface area (Å²) in [6.07, 6.45) is 0.596. The average molecular weight is 231 g/mol. The topological polar surface area (TPSA) is 83.9 Å². The van der Waals surface area contributed by atoms with Crippen LogP contribution in [0.3, 0.4) is 0 Å². The number of ether oxygens (including phenoxy) is 1. The van der Waals surface area contributed by atoms with Gasteiger partial charge in [0.2, 0.25) is 5.91 Å². The Balaban J connectivity index is 3.70. The van der Waals surface area contributed by atoms with Crippen molar-refractivity contribution in [2.75, 3.05) is 20.7 Å². The predicted molar refractivity (Wildman–Crippen MR) is 55.8 cm³/mol. The van der Waals surface area contributed by atoms with E-state index in [-0.39, 0.29) is 31.1 Å². The molecular weight excluding hydrogens is 214 g/mol. The molecule has 6 nitrogen and oxygen atoms in total. The van der Waals surface area contributed by atoms with E-state index >= 15 is 0 Å². The van der Waals surface area contributed by atoms with Crippen LogP contribution in [0.15, 0.2) is 0 Å². The molecule has 0 fully saturated rings. The first-order valence-electron chi connectivity index (χ1n) is 5.00. The Morgan fingerprint density at radius 2 is 1.81 bits per heavy atom. The van der Waals surface area contributed by atoms with Gasteiger partial charge in [-0.1, -0.05) is 0 Å². The molecule has 1 N–H and O–H groups in total. The molecule has 0 unspecified atom stereocenters. The fourth-order valence-electron chi connectivity index (χ4n) is 1.09. The van der Waals surface area contributed by atoms with Crippen molar-refractivity contribution in [1.82, 2.24) is 4.90 Å². The fourth-order valence-corrected chi connectivity index (χ4v) is 1.09. The Kier molecular flexibility index (Phi) is 6.91. The van der Waals surface area contributed by atoms with Crippen LogP contribution in [-0.4, -0.2) is 48.6 Å². The van der Waals surface area contributed by atoms with Crippen molar-refractivity contribution >= 4 is 17.8 Å². The van der Waals surface area contributed by atoms with Gasteiger partial charge >= 0.3 is 11.9 Å². The average Bonchev–Trinajstić information content (AvgIpc) is 2.25. The fraction of sp³-hybridized carbons (Fsp3) is 0.700. The van der Waals surface area contributed by atoms with E-state index in [1.165, 1.54) is 12.0 Å². The second-order valence-corrected chi connectivity index (χ2v) is 3.39. The summed E-state index contributed by atoms with van der Waals surface area (Å²) in [4.78, 5) is 33.8. The second kappa shape index (κ2) is 7.67. The molecule has 6 heteroatoms. The molecule has 0 rings (SSSR count). The van der Waals surface area contributed by atoms with Crippen LogP contribution in [0.4, 0.5) is 0 Å². The standard InChI is InChI=1S/C10H17NO5/c1-11(7-3-4-10(15)16-2)8(12)5-6-9(13)14/h3-7H2,1-2H3,(H,13,14). The lowest BCUT2D eigenvalue weighted by atomic mass is 10.2. The largest absolute Gasteiger partial charge is 0.481 e. The number of amides is 1. The van der Waals surface area contributed by atoms with E-state index in [0.29, 0.717) is 13.0 Å². The van der Waals surface area contributed by atoms with Crippen molar-refractivity contribution in [3.8, 4) is 0 Å². The lowest BCUT2D eigenvalue weighted by molar-refractivity contribution is -0.141. The summed E-state index contributed by atoms with van der Waals surface area (Å²) in [5.74, 6) is -1.53. The maximum absolute atomic E-state index is 11.3. The van der Waals surface area contributed by atoms with Crippen LogP contribution in [0.5, 0.6) is 0 Å². The van der Waals surface area contributed by atoms with Crippen molar-refractivity contribution in [2.24, 2.45) is 0 Å². The molecule has 0 bridgehead atoms.